The van der Waals surface area contributed by atoms with Crippen molar-refractivity contribution in [2.75, 3.05) is 23.3 Å². The van der Waals surface area contributed by atoms with Crippen LogP contribution in [0.1, 0.15) is 11.1 Å². The summed E-state index contributed by atoms with van der Waals surface area (Å²) in [5, 5.41) is 2.76. The zero-order valence-corrected chi connectivity index (χ0v) is 19.8. The highest BCUT2D eigenvalue weighted by molar-refractivity contribution is 9.10. The monoisotopic (exact) mass is 502 g/mol. The van der Waals surface area contributed by atoms with E-state index >= 15 is 0 Å². The number of nitrogens with one attached hydrogen (secondary N) is 1. The molecule has 0 saturated carbocycles. The van der Waals surface area contributed by atoms with E-state index in [9.17, 15) is 13.2 Å². The first-order valence-corrected chi connectivity index (χ1v) is 11.7. The highest BCUT2D eigenvalue weighted by Gasteiger charge is 2.29. The Balaban J connectivity index is 2.04. The lowest BCUT2D eigenvalue weighted by atomic mass is 10.2. The number of carbonyl (C=O) groups excluding carboxylic acids is 1. The molecule has 1 N–H and O–H groups in total. The van der Waals surface area contributed by atoms with Crippen LogP contribution in [0.15, 0.2) is 76.1 Å². The Morgan fingerprint density at radius 2 is 1.65 bits per heavy atom. The number of methoxy groups -OCH3 is 1. The summed E-state index contributed by atoms with van der Waals surface area (Å²) in [6.07, 6.45) is 0. The maximum absolute atomic E-state index is 13.6. The normalized spacial score (nSPS) is 11.1. The molecule has 0 heterocycles. The van der Waals surface area contributed by atoms with Gasteiger partial charge in [0.25, 0.3) is 10.0 Å². The van der Waals surface area contributed by atoms with Crippen LogP contribution in [0.5, 0.6) is 5.75 Å². The fourth-order valence-electron chi connectivity index (χ4n) is 3.01. The molecule has 3 rings (SSSR count). The van der Waals surface area contributed by atoms with Crippen LogP contribution in [0.25, 0.3) is 0 Å². The molecule has 0 aliphatic carbocycles. The molecule has 0 saturated heterocycles. The van der Waals surface area contributed by atoms with E-state index in [-0.39, 0.29) is 4.90 Å². The first-order valence-electron chi connectivity index (χ1n) is 9.51. The number of halogens is 1. The summed E-state index contributed by atoms with van der Waals surface area (Å²) >= 11 is 3.38. The quantitative estimate of drug-likeness (QED) is 0.497. The summed E-state index contributed by atoms with van der Waals surface area (Å²) in [6.45, 7) is 3.31. The third-order valence-electron chi connectivity index (χ3n) is 4.65. The minimum atomic E-state index is -4.04. The highest BCUT2D eigenvalue weighted by Crippen LogP contribution is 2.33. The number of ether oxygens (including phenoxy) is 1. The average molecular weight is 503 g/mol. The number of rotatable bonds is 7. The van der Waals surface area contributed by atoms with E-state index in [2.05, 4.69) is 21.2 Å². The summed E-state index contributed by atoms with van der Waals surface area (Å²) in [5.41, 5.74) is 2.62. The van der Waals surface area contributed by atoms with Gasteiger partial charge in [0, 0.05) is 4.47 Å². The zero-order valence-electron chi connectivity index (χ0n) is 17.4. The predicted octanol–water partition coefficient (Wildman–Crippen LogP) is 4.91. The molecule has 6 nitrogen and oxygen atoms in total. The number of anilines is 2. The molecule has 0 atom stereocenters. The van der Waals surface area contributed by atoms with Gasteiger partial charge in [-0.1, -0.05) is 35.9 Å². The molecule has 162 valence electrons. The van der Waals surface area contributed by atoms with Crippen molar-refractivity contribution in [1.82, 2.24) is 0 Å². The van der Waals surface area contributed by atoms with Gasteiger partial charge in [-0.15, -0.1) is 0 Å². The van der Waals surface area contributed by atoms with E-state index in [0.717, 1.165) is 15.4 Å². The van der Waals surface area contributed by atoms with Gasteiger partial charge >= 0.3 is 0 Å². The molecule has 3 aromatic carbocycles. The molecule has 8 heteroatoms. The first-order chi connectivity index (χ1) is 14.7. The molecule has 0 unspecified atom stereocenters. The van der Waals surface area contributed by atoms with Gasteiger partial charge in [-0.25, -0.2) is 8.42 Å². The van der Waals surface area contributed by atoms with Crippen molar-refractivity contribution < 1.29 is 17.9 Å². The van der Waals surface area contributed by atoms with Gasteiger partial charge in [0.05, 0.1) is 23.4 Å². The van der Waals surface area contributed by atoms with Crippen molar-refractivity contribution in [2.24, 2.45) is 0 Å². The third-order valence-corrected chi connectivity index (χ3v) is 7.11. The largest absolute Gasteiger partial charge is 0.495 e. The molecular formula is C23H23BrN2O4S. The number of amides is 1. The maximum atomic E-state index is 13.6. The summed E-state index contributed by atoms with van der Waals surface area (Å²) in [6, 6.07) is 18.8. The lowest BCUT2D eigenvalue weighted by Crippen LogP contribution is -2.38. The molecule has 0 aromatic heterocycles. The maximum Gasteiger partial charge on any atom is 0.264 e. The number of hydrogen-bond acceptors (Lipinski definition) is 4. The lowest BCUT2D eigenvalue weighted by Gasteiger charge is -2.26. The van der Waals surface area contributed by atoms with Crippen LogP contribution in [0, 0.1) is 13.8 Å². The molecule has 1 amide bonds. The Kier molecular flexibility index (Phi) is 7.02. The second kappa shape index (κ2) is 9.53. The van der Waals surface area contributed by atoms with E-state index in [1.54, 1.807) is 42.5 Å². The first kappa shape index (κ1) is 22.8. The van der Waals surface area contributed by atoms with Crippen LogP contribution in [0.4, 0.5) is 11.4 Å². The number of hydrogen-bond donors (Lipinski definition) is 1. The van der Waals surface area contributed by atoms with Gasteiger partial charge in [-0.05, 0) is 71.7 Å². The fourth-order valence-corrected chi connectivity index (χ4v) is 4.82. The highest BCUT2D eigenvalue weighted by atomic mass is 79.9. The molecule has 3 aromatic rings. The summed E-state index contributed by atoms with van der Waals surface area (Å²) in [5.74, 6) is -0.124. The second-order valence-electron chi connectivity index (χ2n) is 7.03. The third kappa shape index (κ3) is 5.26. The summed E-state index contributed by atoms with van der Waals surface area (Å²) in [4.78, 5) is 13.0. The molecule has 31 heavy (non-hydrogen) atoms. The van der Waals surface area contributed by atoms with Crippen molar-refractivity contribution in [3.8, 4) is 5.75 Å². The molecule has 0 fully saturated rings. The van der Waals surface area contributed by atoms with E-state index < -0.39 is 22.5 Å². The van der Waals surface area contributed by atoms with E-state index in [1.807, 2.05) is 26.0 Å². The van der Waals surface area contributed by atoms with Crippen LogP contribution in [0.3, 0.4) is 0 Å². The number of aryl methyl sites for hydroxylation is 2. The standard InChI is InChI=1S/C23H23BrN2O4S/c1-16-8-11-18(12-9-16)31(28,29)26(21-14-17(2)10-13-22(21)30-3)15-23(27)25-20-7-5-4-6-19(20)24/h4-14H,15H2,1-3H3,(H,25,27). The number of benzene rings is 3. The van der Waals surface area contributed by atoms with E-state index in [4.69, 9.17) is 4.74 Å². The van der Waals surface area contributed by atoms with Crippen LogP contribution in [-0.2, 0) is 14.8 Å². The molecule has 0 spiro atoms. The number of sulfonamides is 1. The SMILES string of the molecule is COc1ccc(C)cc1N(CC(=O)Nc1ccccc1Br)S(=O)(=O)c1ccc(C)cc1. The number of para-hydroxylation sites is 1. The Labute approximate surface area is 191 Å². The molecular weight excluding hydrogens is 480 g/mol. The molecule has 0 aliphatic rings. The van der Waals surface area contributed by atoms with E-state index in [1.165, 1.54) is 19.2 Å². The van der Waals surface area contributed by atoms with Crippen LogP contribution < -0.4 is 14.4 Å². The van der Waals surface area contributed by atoms with Crippen molar-refractivity contribution in [2.45, 2.75) is 18.7 Å². The van der Waals surface area contributed by atoms with Crippen LogP contribution >= 0.6 is 15.9 Å². The van der Waals surface area contributed by atoms with E-state index in [0.29, 0.717) is 21.6 Å². The number of carbonyl (C=O) groups is 1. The summed E-state index contributed by atoms with van der Waals surface area (Å²) in [7, 11) is -2.57. The van der Waals surface area contributed by atoms with Gasteiger partial charge < -0.3 is 10.1 Å². The van der Waals surface area contributed by atoms with Gasteiger partial charge in [0.1, 0.15) is 12.3 Å². The van der Waals surface area contributed by atoms with Crippen molar-refractivity contribution in [1.29, 1.82) is 0 Å². The molecule has 0 radical (unpaired) electrons. The van der Waals surface area contributed by atoms with Crippen molar-refractivity contribution >= 4 is 43.2 Å². The van der Waals surface area contributed by atoms with Crippen molar-refractivity contribution in [3.63, 3.8) is 0 Å². The fraction of sp³-hybridized carbons (Fsp3) is 0.174. The minimum Gasteiger partial charge on any atom is -0.495 e. The Bertz CT molecular complexity index is 1190. The van der Waals surface area contributed by atoms with Gasteiger partial charge in [-0.3, -0.25) is 9.10 Å². The summed E-state index contributed by atoms with van der Waals surface area (Å²) < 4.78 is 34.3. The van der Waals surface area contributed by atoms with Gasteiger partial charge in [0.2, 0.25) is 5.91 Å². The molecule has 0 bridgehead atoms. The van der Waals surface area contributed by atoms with Gasteiger partial charge in [-0.2, -0.15) is 0 Å². The second-order valence-corrected chi connectivity index (χ2v) is 9.74. The van der Waals surface area contributed by atoms with Crippen LogP contribution in [-0.4, -0.2) is 28.0 Å². The Morgan fingerprint density at radius 3 is 2.29 bits per heavy atom. The predicted molar refractivity (Wildman–Crippen MR) is 126 cm³/mol. The Hall–Kier alpha value is -2.84. The average Bonchev–Trinajstić information content (AvgIpc) is 2.74. The molecule has 0 aliphatic heterocycles. The smallest absolute Gasteiger partial charge is 0.264 e. The minimum absolute atomic E-state index is 0.0929. The van der Waals surface area contributed by atoms with Crippen LogP contribution in [0.2, 0.25) is 0 Å². The lowest BCUT2D eigenvalue weighted by molar-refractivity contribution is -0.114. The van der Waals surface area contributed by atoms with Gasteiger partial charge in [0.15, 0.2) is 0 Å². The number of nitrogens with zero attached hydrogens (tertiary/aromatic N) is 1. The Morgan fingerprint density at radius 1 is 1.00 bits per heavy atom. The topological polar surface area (TPSA) is 75.7 Å². The van der Waals surface area contributed by atoms with Crippen molar-refractivity contribution in [3.05, 3.63) is 82.3 Å². The zero-order chi connectivity index (χ0) is 22.6.